The summed E-state index contributed by atoms with van der Waals surface area (Å²) in [5, 5.41) is 4.05. The summed E-state index contributed by atoms with van der Waals surface area (Å²) >= 11 is 0. The fraction of sp³-hybridized carbons (Fsp3) is 0.750. The summed E-state index contributed by atoms with van der Waals surface area (Å²) in [6, 6.07) is 0.0605. The Kier molecular flexibility index (Phi) is 4.59. The number of rotatable bonds is 4. The maximum absolute atomic E-state index is 12.6. The Morgan fingerprint density at radius 2 is 2.21 bits per heavy atom. The molecule has 0 bridgehead atoms. The molecule has 2 rings (SSSR count). The summed E-state index contributed by atoms with van der Waals surface area (Å²) in [6.07, 6.45) is 7.04. The topological polar surface area (TPSA) is 81.2 Å². The van der Waals surface area contributed by atoms with Crippen LogP contribution < -0.4 is 5.73 Å². The summed E-state index contributed by atoms with van der Waals surface area (Å²) in [5.74, 6) is 0. The number of hydrogen-bond donors (Lipinski definition) is 1. The van der Waals surface area contributed by atoms with E-state index in [0.29, 0.717) is 19.6 Å². The Hall–Kier alpha value is -0.920. The molecule has 0 radical (unpaired) electrons. The second-order valence-electron chi connectivity index (χ2n) is 5.04. The maximum Gasteiger partial charge on any atom is 0.246 e. The standard InChI is InChI=1S/C12H22N4O2S/c1-11-5-3-2-4-7-16(11)19(17,18)12-9-14-15(10-12)8-6-13/h9-11H,2-8,13H2,1H3. The van der Waals surface area contributed by atoms with Crippen molar-refractivity contribution in [2.24, 2.45) is 5.73 Å². The van der Waals surface area contributed by atoms with Gasteiger partial charge in [-0.15, -0.1) is 0 Å². The molecule has 19 heavy (non-hydrogen) atoms. The summed E-state index contributed by atoms with van der Waals surface area (Å²) in [4.78, 5) is 0.273. The molecule has 2 heterocycles. The van der Waals surface area contributed by atoms with Crippen molar-refractivity contribution >= 4 is 10.0 Å². The van der Waals surface area contributed by atoms with Gasteiger partial charge in [-0.05, 0) is 19.8 Å². The minimum absolute atomic E-state index is 0.0605. The first-order valence-corrected chi connectivity index (χ1v) is 8.24. The highest BCUT2D eigenvalue weighted by Gasteiger charge is 2.30. The molecule has 0 aliphatic carbocycles. The number of nitrogens with two attached hydrogens (primary N) is 1. The molecule has 1 aliphatic heterocycles. The molecule has 1 aliphatic rings. The largest absolute Gasteiger partial charge is 0.329 e. The van der Waals surface area contributed by atoms with Crippen LogP contribution in [0.2, 0.25) is 0 Å². The van der Waals surface area contributed by atoms with Crippen LogP contribution in [0.3, 0.4) is 0 Å². The molecule has 1 saturated heterocycles. The number of hydrogen-bond acceptors (Lipinski definition) is 4. The van der Waals surface area contributed by atoms with E-state index in [9.17, 15) is 8.42 Å². The van der Waals surface area contributed by atoms with Crippen molar-refractivity contribution in [1.29, 1.82) is 0 Å². The van der Waals surface area contributed by atoms with Crippen LogP contribution in [0.15, 0.2) is 17.3 Å². The fourth-order valence-electron chi connectivity index (χ4n) is 2.47. The van der Waals surface area contributed by atoms with Crippen molar-refractivity contribution in [3.8, 4) is 0 Å². The van der Waals surface area contributed by atoms with Crippen LogP contribution in [0.4, 0.5) is 0 Å². The van der Waals surface area contributed by atoms with Gasteiger partial charge in [-0.25, -0.2) is 8.42 Å². The van der Waals surface area contributed by atoms with Crippen LogP contribution in [0.25, 0.3) is 0 Å². The highest BCUT2D eigenvalue weighted by molar-refractivity contribution is 7.89. The van der Waals surface area contributed by atoms with Gasteiger partial charge in [0, 0.05) is 25.3 Å². The molecule has 108 valence electrons. The predicted molar refractivity (Wildman–Crippen MR) is 73.1 cm³/mol. The zero-order valence-corrected chi connectivity index (χ0v) is 12.1. The Bertz CT molecular complexity index is 512. The first-order chi connectivity index (χ1) is 9.05. The molecule has 6 nitrogen and oxygen atoms in total. The average Bonchev–Trinajstić information content (AvgIpc) is 2.72. The van der Waals surface area contributed by atoms with Gasteiger partial charge in [0.1, 0.15) is 4.90 Å². The van der Waals surface area contributed by atoms with Crippen LogP contribution in [-0.4, -0.2) is 41.6 Å². The molecule has 0 spiro atoms. The van der Waals surface area contributed by atoms with Crippen LogP contribution in [-0.2, 0) is 16.6 Å². The lowest BCUT2D eigenvalue weighted by atomic mass is 10.1. The van der Waals surface area contributed by atoms with E-state index in [1.54, 1.807) is 15.2 Å². The Morgan fingerprint density at radius 1 is 1.42 bits per heavy atom. The summed E-state index contributed by atoms with van der Waals surface area (Å²) in [6.45, 7) is 3.56. The monoisotopic (exact) mass is 286 g/mol. The molecule has 1 unspecified atom stereocenters. The number of nitrogens with zero attached hydrogens (tertiary/aromatic N) is 3. The molecule has 0 aromatic carbocycles. The SMILES string of the molecule is CC1CCCCCN1S(=O)(=O)c1cnn(CCN)c1. The third-order valence-corrected chi connectivity index (χ3v) is 5.53. The molecule has 2 N–H and O–H groups in total. The van der Waals surface area contributed by atoms with E-state index in [0.717, 1.165) is 25.7 Å². The normalized spacial score (nSPS) is 22.3. The molecule has 1 aromatic heterocycles. The molecular formula is C12H22N4O2S. The lowest BCUT2D eigenvalue weighted by Crippen LogP contribution is -2.38. The minimum Gasteiger partial charge on any atom is -0.329 e. The van der Waals surface area contributed by atoms with Crippen molar-refractivity contribution in [2.75, 3.05) is 13.1 Å². The highest BCUT2D eigenvalue weighted by Crippen LogP contribution is 2.24. The molecule has 1 fully saturated rings. The van der Waals surface area contributed by atoms with Gasteiger partial charge in [-0.2, -0.15) is 9.40 Å². The van der Waals surface area contributed by atoms with Gasteiger partial charge in [-0.3, -0.25) is 4.68 Å². The fourth-order valence-corrected chi connectivity index (χ4v) is 4.13. The number of aromatic nitrogens is 2. The Balaban J connectivity index is 2.24. The minimum atomic E-state index is -3.42. The van der Waals surface area contributed by atoms with Gasteiger partial charge in [0.05, 0.1) is 12.7 Å². The molecular weight excluding hydrogens is 264 g/mol. The van der Waals surface area contributed by atoms with E-state index < -0.39 is 10.0 Å². The summed E-state index contributed by atoms with van der Waals surface area (Å²) < 4.78 is 28.4. The number of sulfonamides is 1. The van der Waals surface area contributed by atoms with Crippen LogP contribution in [0.5, 0.6) is 0 Å². The van der Waals surface area contributed by atoms with E-state index >= 15 is 0 Å². The van der Waals surface area contributed by atoms with E-state index in [1.807, 2.05) is 6.92 Å². The van der Waals surface area contributed by atoms with Crippen LogP contribution in [0, 0.1) is 0 Å². The van der Waals surface area contributed by atoms with Gasteiger partial charge < -0.3 is 5.73 Å². The van der Waals surface area contributed by atoms with Gasteiger partial charge in [-0.1, -0.05) is 12.8 Å². The van der Waals surface area contributed by atoms with Crippen molar-refractivity contribution < 1.29 is 8.42 Å². The second kappa shape index (κ2) is 6.02. The third kappa shape index (κ3) is 3.16. The average molecular weight is 286 g/mol. The van der Waals surface area contributed by atoms with Gasteiger partial charge in [0.15, 0.2) is 0 Å². The van der Waals surface area contributed by atoms with Crippen molar-refractivity contribution in [3.05, 3.63) is 12.4 Å². The van der Waals surface area contributed by atoms with Crippen molar-refractivity contribution in [2.45, 2.75) is 50.1 Å². The van der Waals surface area contributed by atoms with E-state index in [4.69, 9.17) is 5.73 Å². The first kappa shape index (κ1) is 14.5. The van der Waals surface area contributed by atoms with Gasteiger partial charge in [0.25, 0.3) is 0 Å². The molecule has 1 atom stereocenters. The first-order valence-electron chi connectivity index (χ1n) is 6.80. The maximum atomic E-state index is 12.6. The van der Waals surface area contributed by atoms with Crippen molar-refractivity contribution in [3.63, 3.8) is 0 Å². The van der Waals surface area contributed by atoms with E-state index in [-0.39, 0.29) is 10.9 Å². The Morgan fingerprint density at radius 3 is 2.95 bits per heavy atom. The Labute approximate surface area is 114 Å². The lowest BCUT2D eigenvalue weighted by molar-refractivity contribution is 0.342. The molecule has 1 aromatic rings. The third-order valence-electron chi connectivity index (χ3n) is 3.57. The summed E-state index contributed by atoms with van der Waals surface area (Å²) in [5.41, 5.74) is 5.44. The van der Waals surface area contributed by atoms with Crippen molar-refractivity contribution in [1.82, 2.24) is 14.1 Å². The quantitative estimate of drug-likeness (QED) is 0.887. The van der Waals surface area contributed by atoms with Crippen LogP contribution >= 0.6 is 0 Å². The van der Waals surface area contributed by atoms with E-state index in [2.05, 4.69) is 5.10 Å². The molecule has 0 saturated carbocycles. The summed E-state index contributed by atoms with van der Waals surface area (Å²) in [7, 11) is -3.42. The molecule has 0 amide bonds. The van der Waals surface area contributed by atoms with Gasteiger partial charge >= 0.3 is 0 Å². The predicted octanol–water partition coefficient (Wildman–Crippen LogP) is 0.795. The highest BCUT2D eigenvalue weighted by atomic mass is 32.2. The second-order valence-corrected chi connectivity index (χ2v) is 6.93. The van der Waals surface area contributed by atoms with Gasteiger partial charge in [0.2, 0.25) is 10.0 Å². The molecule has 7 heteroatoms. The van der Waals surface area contributed by atoms with E-state index in [1.165, 1.54) is 6.20 Å². The zero-order chi connectivity index (χ0) is 13.9. The van der Waals surface area contributed by atoms with Crippen LogP contribution in [0.1, 0.15) is 32.6 Å². The smallest absolute Gasteiger partial charge is 0.246 e. The lowest BCUT2D eigenvalue weighted by Gasteiger charge is -2.25. The zero-order valence-electron chi connectivity index (χ0n) is 11.3.